The summed E-state index contributed by atoms with van der Waals surface area (Å²) in [6, 6.07) is 13.6. The summed E-state index contributed by atoms with van der Waals surface area (Å²) in [5, 5.41) is 8.18. The van der Waals surface area contributed by atoms with Crippen molar-refractivity contribution in [1.29, 1.82) is 0 Å². The predicted octanol–water partition coefficient (Wildman–Crippen LogP) is 5.29. The van der Waals surface area contributed by atoms with Gasteiger partial charge in [0.15, 0.2) is 11.5 Å². The van der Waals surface area contributed by atoms with Crippen molar-refractivity contribution >= 4 is 39.5 Å². The number of ether oxygens (including phenoxy) is 2. The first-order chi connectivity index (χ1) is 15.1. The topological polar surface area (TPSA) is 86.5 Å². The van der Waals surface area contributed by atoms with Crippen molar-refractivity contribution in [2.75, 3.05) is 12.4 Å². The van der Waals surface area contributed by atoms with Gasteiger partial charge in [-0.2, -0.15) is 11.3 Å². The molecular weight excluding hydrogens is 410 g/mol. The Kier molecular flexibility index (Phi) is 6.04. The van der Waals surface area contributed by atoms with E-state index in [2.05, 4.69) is 17.2 Å². The Hall–Kier alpha value is -3.58. The fraction of sp³-hybridized carbons (Fsp3) is 0.167. The fourth-order valence-corrected chi connectivity index (χ4v) is 4.07. The number of anilines is 2. The van der Waals surface area contributed by atoms with E-state index in [1.807, 2.05) is 47.2 Å². The van der Waals surface area contributed by atoms with E-state index in [1.54, 1.807) is 24.5 Å². The summed E-state index contributed by atoms with van der Waals surface area (Å²) in [6.07, 6.45) is 2.34. The Morgan fingerprint density at radius 3 is 2.74 bits per heavy atom. The molecule has 0 bridgehead atoms. The van der Waals surface area contributed by atoms with E-state index in [1.165, 1.54) is 6.20 Å². The minimum atomic E-state index is -0.553. The smallest absolute Gasteiger partial charge is 0.252 e. The number of carbonyl (C=O) groups excluding carboxylic acids is 1. The molecule has 0 atom stereocenters. The third-order valence-corrected chi connectivity index (χ3v) is 5.78. The molecule has 0 spiro atoms. The van der Waals surface area contributed by atoms with Crippen molar-refractivity contribution in [3.05, 3.63) is 76.1 Å². The van der Waals surface area contributed by atoms with Gasteiger partial charge in [0.2, 0.25) is 0 Å². The van der Waals surface area contributed by atoms with Crippen molar-refractivity contribution in [3.8, 4) is 11.5 Å². The molecule has 158 valence electrons. The number of nitrogens with one attached hydrogen (secondary N) is 1. The molecule has 0 aliphatic heterocycles. The van der Waals surface area contributed by atoms with Crippen LogP contribution < -0.4 is 20.5 Å². The van der Waals surface area contributed by atoms with Gasteiger partial charge < -0.3 is 20.5 Å². The molecule has 3 N–H and O–H groups in total. The molecule has 0 radical (unpaired) electrons. The van der Waals surface area contributed by atoms with E-state index < -0.39 is 5.91 Å². The lowest BCUT2D eigenvalue weighted by Crippen LogP contribution is -2.14. The van der Waals surface area contributed by atoms with Crippen LogP contribution in [0.25, 0.3) is 10.9 Å². The second kappa shape index (κ2) is 9.06. The number of thiophene rings is 1. The molecule has 0 aliphatic rings. The van der Waals surface area contributed by atoms with Crippen LogP contribution in [-0.4, -0.2) is 18.0 Å². The number of pyridine rings is 1. The van der Waals surface area contributed by atoms with E-state index in [0.717, 1.165) is 28.6 Å². The first-order valence-corrected chi connectivity index (χ1v) is 10.8. The van der Waals surface area contributed by atoms with E-state index in [-0.39, 0.29) is 0 Å². The van der Waals surface area contributed by atoms with Crippen molar-refractivity contribution < 1.29 is 14.3 Å². The lowest BCUT2D eigenvalue weighted by Gasteiger charge is -2.17. The van der Waals surface area contributed by atoms with Gasteiger partial charge in [0.1, 0.15) is 6.61 Å². The van der Waals surface area contributed by atoms with Crippen molar-refractivity contribution in [3.63, 3.8) is 0 Å². The van der Waals surface area contributed by atoms with E-state index in [9.17, 15) is 4.79 Å². The number of nitrogens with two attached hydrogens (primary N) is 1. The largest absolute Gasteiger partial charge is 0.493 e. The second-order valence-corrected chi connectivity index (χ2v) is 7.77. The minimum absolute atomic E-state index is 0.312. The number of para-hydroxylation sites is 1. The number of hydrogen-bond acceptors (Lipinski definition) is 6. The Morgan fingerprint density at radius 1 is 1.19 bits per heavy atom. The molecule has 2 aromatic heterocycles. The number of aromatic nitrogens is 1. The average Bonchev–Trinajstić information content (AvgIpc) is 3.31. The van der Waals surface area contributed by atoms with Gasteiger partial charge in [-0.1, -0.05) is 25.1 Å². The van der Waals surface area contributed by atoms with Gasteiger partial charge in [0.05, 0.1) is 23.9 Å². The molecule has 0 fully saturated rings. The van der Waals surface area contributed by atoms with Crippen LogP contribution in [0.4, 0.5) is 11.4 Å². The number of nitrogens with zero attached hydrogens (tertiary/aromatic N) is 1. The predicted molar refractivity (Wildman–Crippen MR) is 125 cm³/mol. The summed E-state index contributed by atoms with van der Waals surface area (Å²) in [6.45, 7) is 2.50. The van der Waals surface area contributed by atoms with Crippen molar-refractivity contribution in [1.82, 2.24) is 4.98 Å². The van der Waals surface area contributed by atoms with Gasteiger partial charge in [0.25, 0.3) is 5.91 Å². The molecule has 1 amide bonds. The minimum Gasteiger partial charge on any atom is -0.493 e. The van der Waals surface area contributed by atoms with E-state index in [0.29, 0.717) is 34.9 Å². The molecule has 31 heavy (non-hydrogen) atoms. The van der Waals surface area contributed by atoms with Crippen LogP contribution in [0.1, 0.15) is 28.4 Å². The SMILES string of the molecule is CCc1ccccc1Nc1c(C(N)=O)cnc2cc(OC)c(OCc3ccsc3)cc12. The van der Waals surface area contributed by atoms with E-state index in [4.69, 9.17) is 15.2 Å². The monoisotopic (exact) mass is 433 g/mol. The number of methoxy groups -OCH3 is 1. The fourth-order valence-electron chi connectivity index (χ4n) is 3.41. The standard InChI is InChI=1S/C24H23N3O3S/c1-3-16-6-4-5-7-19(16)27-23-17-10-22(30-13-15-8-9-31-14-15)21(29-2)11-20(17)26-12-18(23)24(25)28/h4-12,14H,3,13H2,1-2H3,(H2,25,28)(H,26,27). The van der Waals surface area contributed by atoms with Crippen LogP contribution in [0.5, 0.6) is 11.5 Å². The van der Waals surface area contributed by atoms with Crippen LogP contribution in [0.2, 0.25) is 0 Å². The lowest BCUT2D eigenvalue weighted by atomic mass is 10.1. The molecule has 4 rings (SSSR count). The first-order valence-electron chi connectivity index (χ1n) is 9.90. The van der Waals surface area contributed by atoms with Gasteiger partial charge in [-0.25, -0.2) is 0 Å². The number of benzene rings is 2. The molecule has 7 heteroatoms. The Labute approximate surface area is 184 Å². The van der Waals surface area contributed by atoms with E-state index >= 15 is 0 Å². The Bertz CT molecular complexity index is 1220. The van der Waals surface area contributed by atoms with Gasteiger partial charge in [-0.3, -0.25) is 9.78 Å². The number of primary amides is 1. The maximum absolute atomic E-state index is 12.2. The summed E-state index contributed by atoms with van der Waals surface area (Å²) in [5.41, 5.74) is 10.4. The zero-order chi connectivity index (χ0) is 21.8. The molecular formula is C24H23N3O3S. The molecule has 4 aromatic rings. The highest BCUT2D eigenvalue weighted by molar-refractivity contribution is 7.07. The zero-order valence-corrected chi connectivity index (χ0v) is 18.2. The Balaban J connectivity index is 1.84. The highest BCUT2D eigenvalue weighted by Crippen LogP contribution is 2.38. The summed E-state index contributed by atoms with van der Waals surface area (Å²) >= 11 is 1.62. The molecule has 2 heterocycles. The normalized spacial score (nSPS) is 10.8. The number of aryl methyl sites for hydroxylation is 1. The molecule has 0 aliphatic carbocycles. The number of carbonyl (C=O) groups is 1. The van der Waals surface area contributed by atoms with Gasteiger partial charge >= 0.3 is 0 Å². The molecule has 0 saturated heterocycles. The van der Waals surface area contributed by atoms with Gasteiger partial charge in [-0.15, -0.1) is 0 Å². The Morgan fingerprint density at radius 2 is 2.03 bits per heavy atom. The third-order valence-electron chi connectivity index (χ3n) is 5.05. The van der Waals surface area contributed by atoms with Crippen molar-refractivity contribution in [2.24, 2.45) is 5.73 Å². The summed E-state index contributed by atoms with van der Waals surface area (Å²) in [4.78, 5) is 16.6. The molecule has 2 aromatic carbocycles. The highest BCUT2D eigenvalue weighted by Gasteiger charge is 2.18. The van der Waals surface area contributed by atoms with Gasteiger partial charge in [-0.05, 0) is 46.5 Å². The number of rotatable bonds is 8. The van der Waals surface area contributed by atoms with Crippen molar-refractivity contribution in [2.45, 2.75) is 20.0 Å². The third kappa shape index (κ3) is 4.32. The lowest BCUT2D eigenvalue weighted by molar-refractivity contribution is 0.100. The van der Waals surface area contributed by atoms with Crippen LogP contribution in [0, 0.1) is 0 Å². The number of fused-ring (bicyclic) bond motifs is 1. The summed E-state index contributed by atoms with van der Waals surface area (Å²) in [5.74, 6) is 0.584. The first kappa shape index (κ1) is 20.7. The summed E-state index contributed by atoms with van der Waals surface area (Å²) < 4.78 is 11.6. The highest BCUT2D eigenvalue weighted by atomic mass is 32.1. The molecule has 0 unspecified atom stereocenters. The quantitative estimate of drug-likeness (QED) is 0.394. The molecule has 6 nitrogen and oxygen atoms in total. The molecule has 0 saturated carbocycles. The number of hydrogen-bond donors (Lipinski definition) is 2. The zero-order valence-electron chi connectivity index (χ0n) is 17.3. The van der Waals surface area contributed by atoms with Crippen LogP contribution in [0.15, 0.2) is 59.4 Å². The maximum atomic E-state index is 12.2. The second-order valence-electron chi connectivity index (χ2n) is 6.99. The van der Waals surface area contributed by atoms with Crippen LogP contribution in [-0.2, 0) is 13.0 Å². The number of amides is 1. The van der Waals surface area contributed by atoms with Crippen LogP contribution >= 0.6 is 11.3 Å². The van der Waals surface area contributed by atoms with Crippen LogP contribution in [0.3, 0.4) is 0 Å². The maximum Gasteiger partial charge on any atom is 0.252 e. The van der Waals surface area contributed by atoms with Gasteiger partial charge in [0, 0.05) is 23.3 Å². The summed E-state index contributed by atoms with van der Waals surface area (Å²) in [7, 11) is 1.59. The average molecular weight is 434 g/mol.